The van der Waals surface area contributed by atoms with Gasteiger partial charge in [-0.1, -0.05) is 31.4 Å². The zero-order chi connectivity index (χ0) is 11.4. The lowest BCUT2D eigenvalue weighted by Gasteiger charge is -2.21. The second kappa shape index (κ2) is 6.06. The van der Waals surface area contributed by atoms with Crippen LogP contribution in [-0.4, -0.2) is 5.25 Å². The molecule has 1 aromatic carbocycles. The number of hydrogen-bond acceptors (Lipinski definition) is 1. The summed E-state index contributed by atoms with van der Waals surface area (Å²) in [4.78, 5) is 0. The van der Waals surface area contributed by atoms with Gasteiger partial charge in [-0.15, -0.1) is 0 Å². The molecule has 0 nitrogen and oxygen atoms in total. The minimum atomic E-state index is -0.151. The highest BCUT2D eigenvalue weighted by Crippen LogP contribution is 2.32. The van der Waals surface area contributed by atoms with E-state index in [-0.39, 0.29) is 5.82 Å². The van der Waals surface area contributed by atoms with E-state index in [1.165, 1.54) is 38.2 Å². The first kappa shape index (κ1) is 12.4. The van der Waals surface area contributed by atoms with E-state index < -0.39 is 0 Å². The standard InChI is InChI=1S/C13H16BrFS/c14-13-10(5-4-8-12(13)15)9-16-11-6-2-1-3-7-11/h4-5,8,11H,1-3,6-7,9H2. The molecule has 0 bridgehead atoms. The van der Waals surface area contributed by atoms with Crippen LogP contribution in [0.25, 0.3) is 0 Å². The molecular formula is C13H16BrFS. The first-order valence-electron chi connectivity index (χ1n) is 5.82. The van der Waals surface area contributed by atoms with E-state index in [1.54, 1.807) is 6.07 Å². The van der Waals surface area contributed by atoms with Gasteiger partial charge in [0, 0.05) is 11.0 Å². The van der Waals surface area contributed by atoms with Crippen molar-refractivity contribution in [2.24, 2.45) is 0 Å². The molecule has 1 fully saturated rings. The Morgan fingerprint density at radius 1 is 1.25 bits per heavy atom. The minimum Gasteiger partial charge on any atom is -0.206 e. The number of rotatable bonds is 3. The van der Waals surface area contributed by atoms with Gasteiger partial charge in [0.15, 0.2) is 0 Å². The van der Waals surface area contributed by atoms with Gasteiger partial charge in [-0.3, -0.25) is 0 Å². The SMILES string of the molecule is Fc1cccc(CSC2CCCCC2)c1Br. The fraction of sp³-hybridized carbons (Fsp3) is 0.538. The Balaban J connectivity index is 1.91. The van der Waals surface area contributed by atoms with Gasteiger partial charge in [-0.25, -0.2) is 4.39 Å². The molecule has 3 heteroatoms. The van der Waals surface area contributed by atoms with Gasteiger partial charge >= 0.3 is 0 Å². The summed E-state index contributed by atoms with van der Waals surface area (Å²) in [6, 6.07) is 5.29. The molecule has 0 saturated heterocycles. The van der Waals surface area contributed by atoms with Crippen molar-refractivity contribution in [3.8, 4) is 0 Å². The average molecular weight is 303 g/mol. The van der Waals surface area contributed by atoms with Crippen LogP contribution in [0.5, 0.6) is 0 Å². The number of benzene rings is 1. The summed E-state index contributed by atoms with van der Waals surface area (Å²) in [5.74, 6) is 0.768. The summed E-state index contributed by atoms with van der Waals surface area (Å²) in [5, 5.41) is 0.781. The Morgan fingerprint density at radius 3 is 2.75 bits per heavy atom. The summed E-state index contributed by atoms with van der Waals surface area (Å²) in [6.07, 6.45) is 6.78. The van der Waals surface area contributed by atoms with Crippen molar-refractivity contribution in [1.82, 2.24) is 0 Å². The highest BCUT2D eigenvalue weighted by atomic mass is 79.9. The van der Waals surface area contributed by atoms with Gasteiger partial charge in [0.2, 0.25) is 0 Å². The number of halogens is 2. The van der Waals surface area contributed by atoms with Crippen molar-refractivity contribution in [1.29, 1.82) is 0 Å². The fourth-order valence-electron chi connectivity index (χ4n) is 2.10. The molecule has 0 unspecified atom stereocenters. The molecule has 0 N–H and O–H groups in total. The van der Waals surface area contributed by atoms with Crippen LogP contribution in [-0.2, 0) is 5.75 Å². The monoisotopic (exact) mass is 302 g/mol. The molecule has 1 aliphatic rings. The lowest BCUT2D eigenvalue weighted by molar-refractivity contribution is 0.516. The summed E-state index contributed by atoms with van der Waals surface area (Å²) in [6.45, 7) is 0. The van der Waals surface area contributed by atoms with Crippen LogP contribution in [0.15, 0.2) is 22.7 Å². The van der Waals surface area contributed by atoms with Gasteiger partial charge in [0.05, 0.1) is 4.47 Å². The van der Waals surface area contributed by atoms with E-state index in [2.05, 4.69) is 15.9 Å². The van der Waals surface area contributed by atoms with Crippen LogP contribution in [0.4, 0.5) is 4.39 Å². The van der Waals surface area contributed by atoms with Crippen LogP contribution < -0.4 is 0 Å². The third kappa shape index (κ3) is 3.24. The second-order valence-electron chi connectivity index (χ2n) is 4.28. The summed E-state index contributed by atoms with van der Waals surface area (Å²) in [7, 11) is 0. The van der Waals surface area contributed by atoms with Gasteiger partial charge in [-0.05, 0) is 40.4 Å². The molecule has 0 atom stereocenters. The maximum absolute atomic E-state index is 13.3. The van der Waals surface area contributed by atoms with Crippen molar-refractivity contribution in [2.75, 3.05) is 0 Å². The third-order valence-electron chi connectivity index (χ3n) is 3.06. The summed E-state index contributed by atoms with van der Waals surface area (Å²) < 4.78 is 13.9. The highest BCUT2D eigenvalue weighted by Gasteiger charge is 2.14. The van der Waals surface area contributed by atoms with Crippen molar-refractivity contribution < 1.29 is 4.39 Å². The molecule has 88 valence electrons. The number of hydrogen-bond donors (Lipinski definition) is 0. The van der Waals surface area contributed by atoms with Crippen molar-refractivity contribution >= 4 is 27.7 Å². The lowest BCUT2D eigenvalue weighted by atomic mass is 10.0. The normalized spacial score (nSPS) is 17.6. The minimum absolute atomic E-state index is 0.151. The van der Waals surface area contributed by atoms with Crippen molar-refractivity contribution in [2.45, 2.75) is 43.1 Å². The smallest absolute Gasteiger partial charge is 0.137 e. The largest absolute Gasteiger partial charge is 0.206 e. The van der Waals surface area contributed by atoms with Gasteiger partial charge < -0.3 is 0 Å². The van der Waals surface area contributed by atoms with Crippen LogP contribution in [0.3, 0.4) is 0 Å². The van der Waals surface area contributed by atoms with E-state index >= 15 is 0 Å². The molecule has 0 aliphatic heterocycles. The lowest BCUT2D eigenvalue weighted by Crippen LogP contribution is -2.08. The summed E-state index contributed by atoms with van der Waals surface area (Å²) in [5.41, 5.74) is 1.08. The Hall–Kier alpha value is -0.0200. The van der Waals surface area contributed by atoms with Gasteiger partial charge in [0.25, 0.3) is 0 Å². The maximum Gasteiger partial charge on any atom is 0.137 e. The Bertz CT molecular complexity index is 348. The highest BCUT2D eigenvalue weighted by molar-refractivity contribution is 9.10. The summed E-state index contributed by atoms with van der Waals surface area (Å²) >= 11 is 5.29. The van der Waals surface area contributed by atoms with Crippen LogP contribution in [0.1, 0.15) is 37.7 Å². The van der Waals surface area contributed by atoms with E-state index in [4.69, 9.17) is 0 Å². The average Bonchev–Trinajstić information content (AvgIpc) is 2.32. The zero-order valence-corrected chi connectivity index (χ0v) is 11.6. The van der Waals surface area contributed by atoms with E-state index in [0.29, 0.717) is 4.47 Å². The zero-order valence-electron chi connectivity index (χ0n) is 9.22. The quantitative estimate of drug-likeness (QED) is 0.743. The van der Waals surface area contributed by atoms with E-state index in [0.717, 1.165) is 16.6 Å². The topological polar surface area (TPSA) is 0 Å². The maximum atomic E-state index is 13.3. The van der Waals surface area contributed by atoms with Crippen LogP contribution in [0, 0.1) is 5.82 Å². The van der Waals surface area contributed by atoms with Crippen molar-refractivity contribution in [3.63, 3.8) is 0 Å². The molecule has 0 aromatic heterocycles. The van der Waals surface area contributed by atoms with E-state index in [1.807, 2.05) is 17.8 Å². The molecule has 1 aliphatic carbocycles. The van der Waals surface area contributed by atoms with Crippen LogP contribution >= 0.6 is 27.7 Å². The molecule has 0 spiro atoms. The molecule has 16 heavy (non-hydrogen) atoms. The van der Waals surface area contributed by atoms with Crippen LogP contribution in [0.2, 0.25) is 0 Å². The second-order valence-corrected chi connectivity index (χ2v) is 6.37. The Morgan fingerprint density at radius 2 is 2.00 bits per heavy atom. The Labute approximate surface area is 109 Å². The van der Waals surface area contributed by atoms with Gasteiger partial charge in [-0.2, -0.15) is 11.8 Å². The molecular weight excluding hydrogens is 287 g/mol. The first-order valence-corrected chi connectivity index (χ1v) is 7.66. The Kier molecular flexibility index (Phi) is 4.71. The number of thioether (sulfide) groups is 1. The fourth-order valence-corrected chi connectivity index (χ4v) is 4.01. The first-order chi connectivity index (χ1) is 7.77. The van der Waals surface area contributed by atoms with E-state index in [9.17, 15) is 4.39 Å². The molecule has 1 aromatic rings. The van der Waals surface area contributed by atoms with Crippen molar-refractivity contribution in [3.05, 3.63) is 34.1 Å². The van der Waals surface area contributed by atoms with Gasteiger partial charge in [0.1, 0.15) is 5.82 Å². The molecule has 0 amide bonds. The predicted molar refractivity (Wildman–Crippen MR) is 72.3 cm³/mol. The third-order valence-corrected chi connectivity index (χ3v) is 5.37. The molecule has 2 rings (SSSR count). The molecule has 0 radical (unpaired) electrons. The molecule has 0 heterocycles. The molecule has 1 saturated carbocycles. The predicted octanol–water partition coefficient (Wildman–Crippen LogP) is 5.15.